The number of benzene rings is 1. The summed E-state index contributed by atoms with van der Waals surface area (Å²) in [6, 6.07) is 10.4. The van der Waals surface area contributed by atoms with Gasteiger partial charge in [-0.1, -0.05) is 38.0 Å². The number of sulfonamides is 1. The van der Waals surface area contributed by atoms with E-state index in [1.54, 1.807) is 35.6 Å². The van der Waals surface area contributed by atoms with Crippen molar-refractivity contribution in [3.8, 4) is 0 Å². The highest BCUT2D eigenvalue weighted by Gasteiger charge is 2.32. The second-order valence-electron chi connectivity index (χ2n) is 8.26. The number of carbonyl (C=O) groups is 1. The zero-order chi connectivity index (χ0) is 22.6. The molecule has 1 amide bonds. The van der Waals surface area contributed by atoms with E-state index in [0.717, 1.165) is 25.9 Å². The van der Waals surface area contributed by atoms with E-state index in [1.165, 1.54) is 17.7 Å². The van der Waals surface area contributed by atoms with Crippen molar-refractivity contribution in [1.29, 1.82) is 0 Å². The molecule has 1 aromatic heterocycles. The summed E-state index contributed by atoms with van der Waals surface area (Å²) in [6.07, 6.45) is 4.71. The zero-order valence-electron chi connectivity index (χ0n) is 18.3. The number of carbonyl (C=O) groups excluding carboxylic acids is 1. The SMILES string of the molecule is CCCCC(N=C1NS(=O)(=O)c2ccccc21)C(=O)NCC(c1cccs1)N1CCCC1. The van der Waals surface area contributed by atoms with E-state index in [1.807, 2.05) is 6.07 Å². The van der Waals surface area contributed by atoms with Gasteiger partial charge in [0.05, 0.1) is 10.9 Å². The Morgan fingerprint density at radius 1 is 1.22 bits per heavy atom. The van der Waals surface area contributed by atoms with Gasteiger partial charge in [0, 0.05) is 17.0 Å². The number of nitrogens with zero attached hydrogens (tertiary/aromatic N) is 2. The molecule has 0 radical (unpaired) electrons. The van der Waals surface area contributed by atoms with E-state index < -0.39 is 16.1 Å². The molecule has 2 atom stereocenters. The number of fused-ring (bicyclic) bond motifs is 1. The lowest BCUT2D eigenvalue weighted by atomic mass is 10.1. The molecule has 1 fully saturated rings. The molecule has 3 heterocycles. The second kappa shape index (κ2) is 10.1. The average Bonchev–Trinajstić information content (AvgIpc) is 3.54. The summed E-state index contributed by atoms with van der Waals surface area (Å²) < 4.78 is 27.4. The Morgan fingerprint density at radius 3 is 2.72 bits per heavy atom. The van der Waals surface area contributed by atoms with Gasteiger partial charge in [0.1, 0.15) is 11.9 Å². The molecule has 2 aliphatic rings. The average molecular weight is 475 g/mol. The van der Waals surface area contributed by atoms with E-state index in [2.05, 4.69) is 38.3 Å². The van der Waals surface area contributed by atoms with Gasteiger partial charge in [-0.25, -0.2) is 8.42 Å². The smallest absolute Gasteiger partial charge is 0.263 e. The summed E-state index contributed by atoms with van der Waals surface area (Å²) in [5.74, 6) is 0.0986. The molecule has 1 saturated heterocycles. The number of hydrogen-bond donors (Lipinski definition) is 2. The summed E-state index contributed by atoms with van der Waals surface area (Å²) >= 11 is 1.71. The number of likely N-dealkylation sites (tertiary alicyclic amines) is 1. The summed E-state index contributed by atoms with van der Waals surface area (Å²) in [5, 5.41) is 5.19. The van der Waals surface area contributed by atoms with Crippen LogP contribution in [0.15, 0.2) is 51.7 Å². The number of thiophene rings is 1. The number of amides is 1. The summed E-state index contributed by atoms with van der Waals surface area (Å²) in [7, 11) is -3.63. The topological polar surface area (TPSA) is 90.9 Å². The van der Waals surface area contributed by atoms with Crippen LogP contribution in [-0.4, -0.2) is 50.7 Å². The van der Waals surface area contributed by atoms with E-state index in [0.29, 0.717) is 18.5 Å². The zero-order valence-corrected chi connectivity index (χ0v) is 19.9. The first-order valence-corrected chi connectivity index (χ1v) is 13.6. The van der Waals surface area contributed by atoms with Crippen LogP contribution in [0.4, 0.5) is 0 Å². The summed E-state index contributed by atoms with van der Waals surface area (Å²) in [4.78, 5) is 21.7. The molecule has 9 heteroatoms. The van der Waals surface area contributed by atoms with Gasteiger partial charge in [-0.2, -0.15) is 0 Å². The molecule has 2 N–H and O–H groups in total. The minimum Gasteiger partial charge on any atom is -0.352 e. The molecule has 2 aromatic rings. The Kier molecular flexibility index (Phi) is 7.27. The van der Waals surface area contributed by atoms with Crippen molar-refractivity contribution in [3.05, 3.63) is 52.2 Å². The third kappa shape index (κ3) is 5.05. The van der Waals surface area contributed by atoms with Crippen molar-refractivity contribution in [3.63, 3.8) is 0 Å². The van der Waals surface area contributed by atoms with Gasteiger partial charge in [-0.15, -0.1) is 11.3 Å². The highest BCUT2D eigenvalue weighted by molar-refractivity contribution is 7.90. The van der Waals surface area contributed by atoms with Crippen molar-refractivity contribution in [2.24, 2.45) is 4.99 Å². The van der Waals surface area contributed by atoms with Crippen molar-refractivity contribution >= 4 is 33.1 Å². The Morgan fingerprint density at radius 2 is 2.00 bits per heavy atom. The maximum Gasteiger partial charge on any atom is 0.263 e. The molecule has 0 aliphatic carbocycles. The molecule has 172 valence electrons. The molecule has 2 unspecified atom stereocenters. The van der Waals surface area contributed by atoms with Gasteiger partial charge >= 0.3 is 0 Å². The maximum atomic E-state index is 13.2. The van der Waals surface area contributed by atoms with E-state index >= 15 is 0 Å². The molecule has 2 aliphatic heterocycles. The van der Waals surface area contributed by atoms with Crippen molar-refractivity contribution in [2.75, 3.05) is 19.6 Å². The molecule has 4 rings (SSSR count). The van der Waals surface area contributed by atoms with Crippen molar-refractivity contribution in [1.82, 2.24) is 14.9 Å². The van der Waals surface area contributed by atoms with E-state index in [-0.39, 0.29) is 22.7 Å². The number of rotatable bonds is 9. The number of amidine groups is 1. The quantitative estimate of drug-likeness (QED) is 0.583. The van der Waals surface area contributed by atoms with Gasteiger partial charge < -0.3 is 5.32 Å². The van der Waals surface area contributed by atoms with Crippen LogP contribution in [0, 0.1) is 0 Å². The summed E-state index contributed by atoms with van der Waals surface area (Å²) in [6.45, 7) is 4.67. The molecule has 32 heavy (non-hydrogen) atoms. The standard InChI is InChI=1S/C23H30N4O3S2/c1-2-3-10-18(25-22-17-9-4-5-12-21(17)32(29,30)26-22)23(28)24-16-19(20-11-8-15-31-20)27-13-6-7-14-27/h4-5,8-9,11-12,15,18-19H,2-3,6-7,10,13-14,16H2,1H3,(H,24,28)(H,25,26). The fraction of sp³-hybridized carbons (Fsp3) is 0.478. The van der Waals surface area contributed by atoms with Crippen molar-refractivity contribution < 1.29 is 13.2 Å². The predicted molar refractivity (Wildman–Crippen MR) is 127 cm³/mol. The Labute approximate surface area is 194 Å². The molecular formula is C23H30N4O3S2. The normalized spacial score (nSPS) is 20.6. The third-order valence-corrected chi connectivity index (χ3v) is 8.37. The minimum absolute atomic E-state index is 0.157. The van der Waals surface area contributed by atoms with Gasteiger partial charge in [0.2, 0.25) is 5.91 Å². The second-order valence-corrected chi connectivity index (χ2v) is 10.9. The Hall–Kier alpha value is -2.23. The van der Waals surface area contributed by atoms with E-state index in [4.69, 9.17) is 0 Å². The fourth-order valence-electron chi connectivity index (χ4n) is 4.30. The van der Waals surface area contributed by atoms with Crippen LogP contribution in [-0.2, 0) is 14.8 Å². The maximum absolute atomic E-state index is 13.2. The first-order valence-electron chi connectivity index (χ1n) is 11.2. The molecule has 0 spiro atoms. The van der Waals surface area contributed by atoms with Crippen LogP contribution in [0.5, 0.6) is 0 Å². The van der Waals surface area contributed by atoms with Crippen LogP contribution >= 0.6 is 11.3 Å². The minimum atomic E-state index is -3.63. The molecule has 0 saturated carbocycles. The number of unbranched alkanes of at least 4 members (excludes halogenated alkanes) is 1. The first-order chi connectivity index (χ1) is 15.5. The highest BCUT2D eigenvalue weighted by Crippen LogP contribution is 2.28. The fourth-order valence-corrected chi connectivity index (χ4v) is 6.40. The lowest BCUT2D eigenvalue weighted by molar-refractivity contribution is -0.122. The molecule has 7 nitrogen and oxygen atoms in total. The van der Waals surface area contributed by atoms with Crippen LogP contribution < -0.4 is 10.0 Å². The van der Waals surface area contributed by atoms with Crippen molar-refractivity contribution in [2.45, 2.75) is 56.0 Å². The summed E-state index contributed by atoms with van der Waals surface area (Å²) in [5.41, 5.74) is 0.523. The van der Waals surface area contributed by atoms with Gasteiger partial charge in [-0.05, 0) is 55.9 Å². The molecular weight excluding hydrogens is 444 g/mol. The van der Waals surface area contributed by atoms with Crippen LogP contribution in [0.1, 0.15) is 55.5 Å². The monoisotopic (exact) mass is 474 g/mol. The predicted octanol–water partition coefficient (Wildman–Crippen LogP) is 3.30. The number of hydrogen-bond acceptors (Lipinski definition) is 6. The Balaban J connectivity index is 1.52. The van der Waals surface area contributed by atoms with Gasteiger partial charge in [0.15, 0.2) is 0 Å². The Bertz CT molecular complexity index is 1060. The largest absolute Gasteiger partial charge is 0.352 e. The lowest BCUT2D eigenvalue weighted by Gasteiger charge is -2.27. The first kappa shape index (κ1) is 22.9. The van der Waals surface area contributed by atoms with Crippen LogP contribution in [0.25, 0.3) is 0 Å². The van der Waals surface area contributed by atoms with Crippen LogP contribution in [0.2, 0.25) is 0 Å². The van der Waals surface area contributed by atoms with Gasteiger partial charge in [-0.3, -0.25) is 19.4 Å². The molecule has 0 bridgehead atoms. The highest BCUT2D eigenvalue weighted by atomic mass is 32.2. The van der Waals surface area contributed by atoms with Gasteiger partial charge in [0.25, 0.3) is 10.0 Å². The number of nitrogens with one attached hydrogen (secondary N) is 2. The molecule has 1 aromatic carbocycles. The van der Waals surface area contributed by atoms with Crippen LogP contribution in [0.3, 0.4) is 0 Å². The third-order valence-electron chi connectivity index (χ3n) is 6.00. The van der Waals surface area contributed by atoms with E-state index in [9.17, 15) is 13.2 Å². The lowest BCUT2D eigenvalue weighted by Crippen LogP contribution is -2.41. The number of aliphatic imine (C=N–C) groups is 1.